The molecular weight excluding hydrogens is 373 g/mol. The van der Waals surface area contributed by atoms with Crippen LogP contribution in [0.2, 0.25) is 0 Å². The number of methoxy groups -OCH3 is 1. The molecule has 1 atom stereocenters. The summed E-state index contributed by atoms with van der Waals surface area (Å²) in [5.41, 5.74) is 0.757. The van der Waals surface area contributed by atoms with Gasteiger partial charge >= 0.3 is 12.1 Å². The van der Waals surface area contributed by atoms with Crippen LogP contribution in [0.25, 0.3) is 0 Å². The first kappa shape index (κ1) is 20.4. The fourth-order valence-corrected chi connectivity index (χ4v) is 3.09. The van der Waals surface area contributed by atoms with Gasteiger partial charge in [0.05, 0.1) is 12.7 Å². The SMILES string of the molecule is COC(=O)NC(=O)[C@@H](C)OC(=O)c1ccccc1SCc1ccccc1F. The minimum absolute atomic E-state index is 0.247. The number of alkyl carbamates (subject to hydrolysis) is 1. The van der Waals surface area contributed by atoms with E-state index in [2.05, 4.69) is 4.74 Å². The molecule has 0 aromatic heterocycles. The zero-order chi connectivity index (χ0) is 19.8. The summed E-state index contributed by atoms with van der Waals surface area (Å²) in [6.07, 6.45) is -2.13. The van der Waals surface area contributed by atoms with Crippen molar-refractivity contribution in [1.82, 2.24) is 5.32 Å². The van der Waals surface area contributed by atoms with Gasteiger partial charge in [0.1, 0.15) is 5.82 Å². The summed E-state index contributed by atoms with van der Waals surface area (Å²) in [5.74, 6) is -1.51. The minimum Gasteiger partial charge on any atom is -0.453 e. The number of hydrogen-bond acceptors (Lipinski definition) is 6. The molecule has 8 heteroatoms. The third kappa shape index (κ3) is 5.82. The van der Waals surface area contributed by atoms with E-state index in [1.165, 1.54) is 24.8 Å². The van der Waals surface area contributed by atoms with Gasteiger partial charge in [-0.1, -0.05) is 30.3 Å². The summed E-state index contributed by atoms with van der Waals surface area (Å²) in [6, 6.07) is 13.0. The van der Waals surface area contributed by atoms with Crippen LogP contribution in [-0.2, 0) is 20.0 Å². The average Bonchev–Trinajstić information content (AvgIpc) is 2.67. The van der Waals surface area contributed by atoms with Gasteiger partial charge in [0.25, 0.3) is 5.91 Å². The fraction of sp³-hybridized carbons (Fsp3) is 0.211. The topological polar surface area (TPSA) is 81.7 Å². The molecule has 0 unspecified atom stereocenters. The van der Waals surface area contributed by atoms with Gasteiger partial charge in [-0.2, -0.15) is 0 Å². The van der Waals surface area contributed by atoms with Crippen LogP contribution in [0.4, 0.5) is 9.18 Å². The molecule has 27 heavy (non-hydrogen) atoms. The number of ether oxygens (including phenoxy) is 2. The number of benzene rings is 2. The van der Waals surface area contributed by atoms with Gasteiger partial charge in [-0.3, -0.25) is 10.1 Å². The molecule has 0 aliphatic carbocycles. The monoisotopic (exact) mass is 391 g/mol. The standard InChI is InChI=1S/C19H18FNO5S/c1-12(17(22)21-19(24)25-2)26-18(23)14-8-4-6-10-16(14)27-11-13-7-3-5-9-15(13)20/h3-10,12H,11H2,1-2H3,(H,21,22,24)/t12-/m1/s1. The van der Waals surface area contributed by atoms with E-state index in [1.807, 2.05) is 5.32 Å². The number of nitrogens with one attached hydrogen (secondary N) is 1. The lowest BCUT2D eigenvalue weighted by molar-refractivity contribution is -0.128. The highest BCUT2D eigenvalue weighted by Gasteiger charge is 2.22. The van der Waals surface area contributed by atoms with E-state index < -0.39 is 24.1 Å². The van der Waals surface area contributed by atoms with Crippen LogP contribution in [0.3, 0.4) is 0 Å². The molecule has 2 aromatic rings. The lowest BCUT2D eigenvalue weighted by Gasteiger charge is -2.14. The Balaban J connectivity index is 2.05. The molecular formula is C19H18FNO5S. The zero-order valence-corrected chi connectivity index (χ0v) is 15.5. The Morgan fingerprint density at radius 2 is 1.78 bits per heavy atom. The van der Waals surface area contributed by atoms with Crippen molar-refractivity contribution in [2.75, 3.05) is 7.11 Å². The van der Waals surface area contributed by atoms with Crippen LogP contribution >= 0.6 is 11.8 Å². The average molecular weight is 391 g/mol. The zero-order valence-electron chi connectivity index (χ0n) is 14.7. The van der Waals surface area contributed by atoms with E-state index in [0.29, 0.717) is 16.2 Å². The predicted octanol–water partition coefficient (Wildman–Crippen LogP) is 3.55. The Labute approximate surface area is 160 Å². The molecule has 1 N–H and O–H groups in total. The molecule has 0 aliphatic rings. The molecule has 0 spiro atoms. The normalized spacial score (nSPS) is 11.4. The van der Waals surface area contributed by atoms with Crippen LogP contribution in [0, 0.1) is 5.82 Å². The minimum atomic E-state index is -1.19. The lowest BCUT2D eigenvalue weighted by atomic mass is 10.2. The summed E-state index contributed by atoms with van der Waals surface area (Å²) in [4.78, 5) is 35.8. The van der Waals surface area contributed by atoms with Gasteiger partial charge in [0, 0.05) is 10.6 Å². The van der Waals surface area contributed by atoms with Crippen molar-refractivity contribution in [1.29, 1.82) is 0 Å². The van der Waals surface area contributed by atoms with Crippen molar-refractivity contribution in [3.63, 3.8) is 0 Å². The summed E-state index contributed by atoms with van der Waals surface area (Å²) >= 11 is 1.28. The van der Waals surface area contributed by atoms with E-state index in [1.54, 1.807) is 42.5 Å². The summed E-state index contributed by atoms with van der Waals surface area (Å²) < 4.78 is 23.2. The number of carbonyl (C=O) groups is 3. The second-order valence-corrected chi connectivity index (χ2v) is 6.42. The maximum atomic E-state index is 13.8. The fourth-order valence-electron chi connectivity index (χ4n) is 2.06. The quantitative estimate of drug-likeness (QED) is 0.599. The Kier molecular flexibility index (Phi) is 7.36. The van der Waals surface area contributed by atoms with Crippen LogP contribution in [0.1, 0.15) is 22.8 Å². The van der Waals surface area contributed by atoms with E-state index >= 15 is 0 Å². The van der Waals surface area contributed by atoms with Crippen LogP contribution in [0.15, 0.2) is 53.4 Å². The first-order valence-corrected chi connectivity index (χ1v) is 8.96. The van der Waals surface area contributed by atoms with Crippen molar-refractivity contribution < 1.29 is 28.2 Å². The van der Waals surface area contributed by atoms with Gasteiger partial charge in [-0.05, 0) is 30.7 Å². The number of thioether (sulfide) groups is 1. The number of halogens is 1. The third-order valence-electron chi connectivity index (χ3n) is 3.51. The van der Waals surface area contributed by atoms with Crippen LogP contribution < -0.4 is 5.32 Å². The highest BCUT2D eigenvalue weighted by molar-refractivity contribution is 7.98. The molecule has 0 fully saturated rings. The van der Waals surface area contributed by atoms with Crippen LogP contribution in [-0.4, -0.2) is 31.2 Å². The Morgan fingerprint density at radius 3 is 2.48 bits per heavy atom. The molecule has 2 aromatic carbocycles. The molecule has 0 heterocycles. The van der Waals surface area contributed by atoms with Gasteiger partial charge in [0.2, 0.25) is 0 Å². The first-order chi connectivity index (χ1) is 12.9. The van der Waals surface area contributed by atoms with Crippen molar-refractivity contribution in [2.24, 2.45) is 0 Å². The largest absolute Gasteiger partial charge is 0.453 e. The Hall–Kier alpha value is -2.87. The number of rotatable bonds is 6. The number of esters is 1. The predicted molar refractivity (Wildman–Crippen MR) is 97.8 cm³/mol. The molecule has 142 valence electrons. The molecule has 0 saturated heterocycles. The summed E-state index contributed by atoms with van der Waals surface area (Å²) in [5, 5.41) is 1.93. The van der Waals surface area contributed by atoms with Gasteiger partial charge < -0.3 is 9.47 Å². The van der Waals surface area contributed by atoms with Crippen molar-refractivity contribution >= 4 is 29.7 Å². The van der Waals surface area contributed by atoms with Crippen molar-refractivity contribution in [2.45, 2.75) is 23.7 Å². The second-order valence-electron chi connectivity index (χ2n) is 5.40. The highest BCUT2D eigenvalue weighted by Crippen LogP contribution is 2.28. The van der Waals surface area contributed by atoms with Gasteiger partial charge in [-0.15, -0.1) is 11.8 Å². The van der Waals surface area contributed by atoms with E-state index in [-0.39, 0.29) is 11.4 Å². The Morgan fingerprint density at radius 1 is 1.11 bits per heavy atom. The number of amides is 2. The molecule has 0 aliphatic heterocycles. The number of imide groups is 1. The van der Waals surface area contributed by atoms with Crippen molar-refractivity contribution in [3.05, 3.63) is 65.5 Å². The van der Waals surface area contributed by atoms with Gasteiger partial charge in [0.15, 0.2) is 6.10 Å². The maximum absolute atomic E-state index is 13.8. The molecule has 2 rings (SSSR count). The van der Waals surface area contributed by atoms with Crippen LogP contribution in [0.5, 0.6) is 0 Å². The third-order valence-corrected chi connectivity index (χ3v) is 4.63. The second kappa shape index (κ2) is 9.72. The first-order valence-electron chi connectivity index (χ1n) is 7.97. The lowest BCUT2D eigenvalue weighted by Crippen LogP contribution is -2.39. The molecule has 0 radical (unpaired) electrons. The highest BCUT2D eigenvalue weighted by atomic mass is 32.2. The number of hydrogen-bond donors (Lipinski definition) is 1. The smallest absolute Gasteiger partial charge is 0.413 e. The maximum Gasteiger partial charge on any atom is 0.413 e. The molecule has 0 bridgehead atoms. The van der Waals surface area contributed by atoms with E-state index in [9.17, 15) is 18.8 Å². The van der Waals surface area contributed by atoms with Gasteiger partial charge in [-0.25, -0.2) is 14.0 Å². The van der Waals surface area contributed by atoms with Crippen molar-refractivity contribution in [3.8, 4) is 0 Å². The summed E-state index contributed by atoms with van der Waals surface area (Å²) in [6.45, 7) is 1.34. The Bertz CT molecular complexity index is 842. The van der Waals surface area contributed by atoms with E-state index in [0.717, 1.165) is 7.11 Å². The summed E-state index contributed by atoms with van der Waals surface area (Å²) in [7, 11) is 1.11. The number of carbonyl (C=O) groups excluding carboxylic acids is 3. The molecule has 2 amide bonds. The van der Waals surface area contributed by atoms with E-state index in [4.69, 9.17) is 4.74 Å². The molecule has 6 nitrogen and oxygen atoms in total. The molecule has 0 saturated carbocycles.